The van der Waals surface area contributed by atoms with Crippen molar-refractivity contribution in [3.05, 3.63) is 99.8 Å². The SMILES string of the molecule is Cc1ccc2c(c1)[C@H](c1ccc(F)cc1)N(C(=O)C1(c3ccc(Cl)cc3)CCCC1)CC(=O)N2. The minimum Gasteiger partial charge on any atom is -0.324 e. The van der Waals surface area contributed by atoms with Gasteiger partial charge in [0.05, 0.1) is 11.5 Å². The molecule has 1 aliphatic carbocycles. The molecule has 0 saturated heterocycles. The van der Waals surface area contributed by atoms with Gasteiger partial charge in [0.1, 0.15) is 12.4 Å². The van der Waals surface area contributed by atoms with E-state index in [4.69, 9.17) is 11.6 Å². The monoisotopic (exact) mass is 476 g/mol. The summed E-state index contributed by atoms with van der Waals surface area (Å²) < 4.78 is 13.8. The predicted octanol–water partition coefficient (Wildman–Crippen LogP) is 6.17. The van der Waals surface area contributed by atoms with Crippen LogP contribution >= 0.6 is 11.6 Å². The quantitative estimate of drug-likeness (QED) is 0.491. The van der Waals surface area contributed by atoms with Crippen LogP contribution in [-0.4, -0.2) is 23.3 Å². The lowest BCUT2D eigenvalue weighted by Crippen LogP contribution is -2.49. The maximum Gasteiger partial charge on any atom is 0.244 e. The molecule has 1 N–H and O–H groups in total. The summed E-state index contributed by atoms with van der Waals surface area (Å²) in [6, 6.07) is 19.0. The van der Waals surface area contributed by atoms with Crippen LogP contribution in [0.25, 0.3) is 0 Å². The van der Waals surface area contributed by atoms with Crippen molar-refractivity contribution < 1.29 is 14.0 Å². The summed E-state index contributed by atoms with van der Waals surface area (Å²) in [6.07, 6.45) is 3.29. The van der Waals surface area contributed by atoms with Crippen molar-refractivity contribution >= 4 is 29.1 Å². The van der Waals surface area contributed by atoms with Crippen LogP contribution in [0.15, 0.2) is 66.7 Å². The number of carbonyl (C=O) groups is 2. The second-order valence-electron chi connectivity index (χ2n) is 9.32. The zero-order chi connectivity index (χ0) is 23.9. The number of nitrogens with one attached hydrogen (secondary N) is 1. The van der Waals surface area contributed by atoms with Gasteiger partial charge in [-0.15, -0.1) is 0 Å². The van der Waals surface area contributed by atoms with Gasteiger partial charge in [-0.3, -0.25) is 9.59 Å². The lowest BCUT2D eigenvalue weighted by Gasteiger charge is -2.38. The molecule has 1 atom stereocenters. The van der Waals surface area contributed by atoms with Crippen LogP contribution < -0.4 is 5.32 Å². The van der Waals surface area contributed by atoms with Gasteiger partial charge in [0.2, 0.25) is 11.8 Å². The minimum absolute atomic E-state index is 0.0776. The third kappa shape index (κ3) is 3.98. The van der Waals surface area contributed by atoms with Gasteiger partial charge >= 0.3 is 0 Å². The van der Waals surface area contributed by atoms with Crippen LogP contribution in [0.1, 0.15) is 54.0 Å². The Hall–Kier alpha value is -3.18. The fourth-order valence-electron chi connectivity index (χ4n) is 5.47. The topological polar surface area (TPSA) is 49.4 Å². The molecule has 0 aromatic heterocycles. The second-order valence-corrected chi connectivity index (χ2v) is 9.76. The highest BCUT2D eigenvalue weighted by atomic mass is 35.5. The fourth-order valence-corrected chi connectivity index (χ4v) is 5.59. The maximum atomic E-state index is 14.5. The average molecular weight is 477 g/mol. The smallest absolute Gasteiger partial charge is 0.244 e. The van der Waals surface area contributed by atoms with Gasteiger partial charge in [-0.05, 0) is 61.2 Å². The van der Waals surface area contributed by atoms with Crippen molar-refractivity contribution in [1.82, 2.24) is 4.90 Å². The van der Waals surface area contributed by atoms with Gasteiger partial charge in [-0.1, -0.05) is 66.4 Å². The van der Waals surface area contributed by atoms with Gasteiger partial charge in [0.25, 0.3) is 0 Å². The van der Waals surface area contributed by atoms with E-state index in [-0.39, 0.29) is 24.2 Å². The van der Waals surface area contributed by atoms with Crippen molar-refractivity contribution in [2.45, 2.75) is 44.1 Å². The normalized spacial score (nSPS) is 19.3. The summed E-state index contributed by atoms with van der Waals surface area (Å²) in [4.78, 5) is 29.2. The number of benzene rings is 3. The minimum atomic E-state index is -0.725. The number of halogens is 2. The number of hydrogen-bond acceptors (Lipinski definition) is 2. The molecule has 1 aliphatic heterocycles. The van der Waals surface area contributed by atoms with E-state index in [1.165, 1.54) is 12.1 Å². The van der Waals surface area contributed by atoms with Gasteiger partial charge < -0.3 is 10.2 Å². The van der Waals surface area contributed by atoms with Crippen molar-refractivity contribution in [1.29, 1.82) is 0 Å². The molecule has 6 heteroatoms. The van der Waals surface area contributed by atoms with Crippen LogP contribution in [0.3, 0.4) is 0 Å². The molecular formula is C28H26ClFN2O2. The molecule has 1 heterocycles. The molecule has 0 radical (unpaired) electrons. The van der Waals surface area contributed by atoms with Crippen LogP contribution in [0, 0.1) is 12.7 Å². The van der Waals surface area contributed by atoms with E-state index in [1.54, 1.807) is 17.0 Å². The molecule has 0 bridgehead atoms. The highest BCUT2D eigenvalue weighted by Crippen LogP contribution is 2.46. The molecule has 3 aromatic carbocycles. The molecule has 4 nitrogen and oxygen atoms in total. The lowest BCUT2D eigenvalue weighted by atomic mass is 9.76. The number of anilines is 1. The third-order valence-electron chi connectivity index (χ3n) is 7.11. The van der Waals surface area contributed by atoms with Crippen LogP contribution in [-0.2, 0) is 15.0 Å². The van der Waals surface area contributed by atoms with Crippen molar-refractivity contribution in [2.24, 2.45) is 0 Å². The molecule has 5 rings (SSSR count). The third-order valence-corrected chi connectivity index (χ3v) is 7.36. The van der Waals surface area contributed by atoms with E-state index < -0.39 is 11.5 Å². The molecule has 2 aliphatic rings. The largest absolute Gasteiger partial charge is 0.324 e. The Bertz CT molecular complexity index is 1230. The number of nitrogens with zero attached hydrogens (tertiary/aromatic N) is 1. The summed E-state index contributed by atoms with van der Waals surface area (Å²) in [5, 5.41) is 3.59. The number of hydrogen-bond donors (Lipinski definition) is 1. The Labute approximate surface area is 203 Å². The van der Waals surface area contributed by atoms with Crippen LogP contribution in [0.2, 0.25) is 5.02 Å². The van der Waals surface area contributed by atoms with E-state index in [1.807, 2.05) is 49.4 Å². The van der Waals surface area contributed by atoms with E-state index in [2.05, 4.69) is 5.32 Å². The first-order valence-electron chi connectivity index (χ1n) is 11.6. The van der Waals surface area contributed by atoms with Crippen molar-refractivity contribution in [3.8, 4) is 0 Å². The van der Waals surface area contributed by atoms with E-state index in [0.717, 1.165) is 35.1 Å². The first-order valence-corrected chi connectivity index (χ1v) is 12.0. The Morgan fingerprint density at radius 1 is 1.03 bits per heavy atom. The number of rotatable bonds is 3. The second kappa shape index (κ2) is 8.88. The van der Waals surface area contributed by atoms with Crippen LogP contribution in [0.5, 0.6) is 0 Å². The van der Waals surface area contributed by atoms with Gasteiger partial charge in [-0.2, -0.15) is 0 Å². The highest BCUT2D eigenvalue weighted by Gasteiger charge is 2.48. The predicted molar refractivity (Wildman–Crippen MR) is 131 cm³/mol. The molecule has 1 saturated carbocycles. The molecule has 0 spiro atoms. The number of aryl methyl sites for hydroxylation is 1. The van der Waals surface area contributed by atoms with Gasteiger partial charge in [0.15, 0.2) is 0 Å². The summed E-state index contributed by atoms with van der Waals surface area (Å²) in [6.45, 7) is 1.90. The zero-order valence-electron chi connectivity index (χ0n) is 19.0. The first-order chi connectivity index (χ1) is 16.4. The standard InChI is InChI=1S/C28H26ClFN2O2/c1-18-4-13-24-23(16-18)26(19-5-11-22(30)12-6-19)32(17-25(33)31-24)27(34)28(14-2-3-15-28)20-7-9-21(29)10-8-20/h4-13,16,26H,2-3,14-15,17H2,1H3,(H,31,33)/t26-/m0/s1. The Morgan fingerprint density at radius 2 is 1.71 bits per heavy atom. The van der Waals surface area contributed by atoms with Crippen LogP contribution in [0.4, 0.5) is 10.1 Å². The summed E-state index contributed by atoms with van der Waals surface area (Å²) >= 11 is 6.14. The number of carbonyl (C=O) groups excluding carboxylic acids is 2. The zero-order valence-corrected chi connectivity index (χ0v) is 19.7. The Kier molecular flexibility index (Phi) is 5.90. The Balaban J connectivity index is 1.68. The van der Waals surface area contributed by atoms with E-state index in [9.17, 15) is 14.0 Å². The molecule has 0 unspecified atom stereocenters. The molecule has 174 valence electrons. The molecule has 3 aromatic rings. The number of fused-ring (bicyclic) bond motifs is 1. The van der Waals surface area contributed by atoms with Crippen molar-refractivity contribution in [3.63, 3.8) is 0 Å². The average Bonchev–Trinajstić information content (AvgIpc) is 3.27. The van der Waals surface area contributed by atoms with E-state index >= 15 is 0 Å². The molecular weight excluding hydrogens is 451 g/mol. The summed E-state index contributed by atoms with van der Waals surface area (Å²) in [7, 11) is 0. The van der Waals surface area contributed by atoms with Gasteiger partial charge in [-0.25, -0.2) is 4.39 Å². The van der Waals surface area contributed by atoms with E-state index in [0.29, 0.717) is 23.6 Å². The Morgan fingerprint density at radius 3 is 2.38 bits per heavy atom. The summed E-state index contributed by atoms with van der Waals surface area (Å²) in [5.74, 6) is -0.666. The van der Waals surface area contributed by atoms with Gasteiger partial charge in [0, 0.05) is 16.3 Å². The summed E-state index contributed by atoms with van der Waals surface area (Å²) in [5.41, 5.74) is 3.48. The molecule has 1 fully saturated rings. The molecule has 2 amide bonds. The highest BCUT2D eigenvalue weighted by molar-refractivity contribution is 6.30. The number of amides is 2. The first kappa shape index (κ1) is 22.6. The molecule has 34 heavy (non-hydrogen) atoms. The fraction of sp³-hybridized carbons (Fsp3) is 0.286. The maximum absolute atomic E-state index is 14.5. The van der Waals surface area contributed by atoms with Crippen molar-refractivity contribution in [2.75, 3.05) is 11.9 Å². The lowest BCUT2D eigenvalue weighted by molar-refractivity contribution is -0.141.